The predicted octanol–water partition coefficient (Wildman–Crippen LogP) is 1.07. The van der Waals surface area contributed by atoms with E-state index in [0.717, 1.165) is 12.5 Å². The van der Waals surface area contributed by atoms with Crippen LogP contribution in [0.5, 0.6) is 0 Å². The molecular weight excluding hydrogens is 118 g/mol. The number of hydrogen-bond donors (Lipinski definition) is 0. The van der Waals surface area contributed by atoms with Crippen molar-refractivity contribution in [3.8, 4) is 6.07 Å². The lowest BCUT2D eigenvalue weighted by atomic mass is 10.4. The third kappa shape index (κ3) is 5.67. The summed E-state index contributed by atoms with van der Waals surface area (Å²) in [6, 6.07) is 2.78. The molecule has 1 radical (unpaired) electrons. The van der Waals surface area contributed by atoms with E-state index >= 15 is 0 Å². The van der Waals surface area contributed by atoms with Crippen LogP contribution in [-0.4, -0.2) is 9.04 Å². The van der Waals surface area contributed by atoms with Crippen LogP contribution in [0.2, 0.25) is 12.6 Å². The standard InChI is InChI=1S/C5H10NOSi/c1-8(7)5-3-2-4-6/h8H,2-3,5H2,1H3. The van der Waals surface area contributed by atoms with Gasteiger partial charge in [0.1, 0.15) is 0 Å². The quantitative estimate of drug-likeness (QED) is 0.414. The third-order valence-corrected chi connectivity index (χ3v) is 2.12. The maximum absolute atomic E-state index is 10.4. The van der Waals surface area contributed by atoms with E-state index in [1.807, 2.05) is 6.07 Å². The fourth-order valence-corrected chi connectivity index (χ4v) is 1.25. The molecule has 3 heteroatoms. The van der Waals surface area contributed by atoms with Gasteiger partial charge in [-0.15, -0.1) is 0 Å². The SMILES string of the molecule is C[SiH]([O])CCCC#N. The van der Waals surface area contributed by atoms with Crippen LogP contribution in [0, 0.1) is 11.3 Å². The van der Waals surface area contributed by atoms with Crippen molar-refractivity contribution in [2.24, 2.45) is 0 Å². The fraction of sp³-hybridized carbons (Fsp3) is 0.800. The van der Waals surface area contributed by atoms with Gasteiger partial charge in [-0.25, -0.2) is 0 Å². The van der Waals surface area contributed by atoms with Crippen LogP contribution in [0.3, 0.4) is 0 Å². The maximum Gasteiger partial charge on any atom is 0.219 e. The van der Waals surface area contributed by atoms with E-state index < -0.39 is 9.04 Å². The van der Waals surface area contributed by atoms with Crippen molar-refractivity contribution >= 4 is 9.04 Å². The second-order valence-electron chi connectivity index (χ2n) is 1.86. The molecule has 0 aromatic heterocycles. The van der Waals surface area contributed by atoms with Crippen LogP contribution in [0.25, 0.3) is 0 Å². The number of rotatable bonds is 3. The highest BCUT2D eigenvalue weighted by atomic mass is 28.3. The van der Waals surface area contributed by atoms with Crippen LogP contribution >= 0.6 is 0 Å². The number of nitriles is 1. The van der Waals surface area contributed by atoms with E-state index in [-0.39, 0.29) is 0 Å². The molecule has 2 nitrogen and oxygen atoms in total. The summed E-state index contributed by atoms with van der Waals surface area (Å²) in [6.07, 6.45) is 1.37. The summed E-state index contributed by atoms with van der Waals surface area (Å²) < 4.78 is 0. The Morgan fingerprint density at radius 2 is 2.38 bits per heavy atom. The molecule has 0 aliphatic heterocycles. The normalized spacial score (nSPS) is 12.6. The molecule has 0 saturated heterocycles. The maximum atomic E-state index is 10.4. The number of nitrogens with zero attached hydrogens (tertiary/aromatic N) is 1. The van der Waals surface area contributed by atoms with E-state index in [9.17, 15) is 4.80 Å². The molecule has 0 heterocycles. The molecule has 1 unspecified atom stereocenters. The molecular formula is C5H10NOSi. The van der Waals surface area contributed by atoms with E-state index in [0.29, 0.717) is 6.42 Å². The molecule has 8 heavy (non-hydrogen) atoms. The van der Waals surface area contributed by atoms with Gasteiger partial charge in [-0.2, -0.15) is 5.26 Å². The minimum Gasteiger partial charge on any atom is -0.302 e. The van der Waals surface area contributed by atoms with Crippen LogP contribution in [0.4, 0.5) is 0 Å². The van der Waals surface area contributed by atoms with Crippen molar-refractivity contribution in [2.45, 2.75) is 25.4 Å². The van der Waals surface area contributed by atoms with Gasteiger partial charge in [-0.05, 0) is 19.0 Å². The lowest BCUT2D eigenvalue weighted by molar-refractivity contribution is 0.450. The minimum atomic E-state index is -1.60. The Hall–Kier alpha value is -0.333. The predicted molar refractivity (Wildman–Crippen MR) is 33.4 cm³/mol. The Morgan fingerprint density at radius 3 is 2.75 bits per heavy atom. The van der Waals surface area contributed by atoms with Crippen molar-refractivity contribution in [1.82, 2.24) is 0 Å². The summed E-state index contributed by atoms with van der Waals surface area (Å²) in [7, 11) is -1.60. The zero-order valence-electron chi connectivity index (χ0n) is 5.05. The molecule has 0 amide bonds. The van der Waals surface area contributed by atoms with E-state index in [1.165, 1.54) is 0 Å². The van der Waals surface area contributed by atoms with E-state index in [1.54, 1.807) is 6.55 Å². The molecule has 0 spiro atoms. The zero-order valence-corrected chi connectivity index (χ0v) is 6.21. The summed E-state index contributed by atoms with van der Waals surface area (Å²) >= 11 is 0. The van der Waals surface area contributed by atoms with Gasteiger partial charge < -0.3 is 4.80 Å². The zero-order chi connectivity index (χ0) is 6.41. The van der Waals surface area contributed by atoms with Gasteiger partial charge in [0.2, 0.25) is 9.04 Å². The topological polar surface area (TPSA) is 43.7 Å². The molecule has 45 valence electrons. The van der Waals surface area contributed by atoms with Crippen LogP contribution in [-0.2, 0) is 4.80 Å². The van der Waals surface area contributed by atoms with Gasteiger partial charge >= 0.3 is 0 Å². The van der Waals surface area contributed by atoms with Crippen molar-refractivity contribution < 1.29 is 4.80 Å². The smallest absolute Gasteiger partial charge is 0.219 e. The Balaban J connectivity index is 2.85. The van der Waals surface area contributed by atoms with Gasteiger partial charge in [0.15, 0.2) is 0 Å². The van der Waals surface area contributed by atoms with Crippen molar-refractivity contribution in [3.63, 3.8) is 0 Å². The van der Waals surface area contributed by atoms with E-state index in [2.05, 4.69) is 0 Å². The first-order valence-electron chi connectivity index (χ1n) is 2.80. The van der Waals surface area contributed by atoms with Gasteiger partial charge in [-0.3, -0.25) is 0 Å². The molecule has 0 saturated carbocycles. The Morgan fingerprint density at radius 1 is 1.75 bits per heavy atom. The van der Waals surface area contributed by atoms with Crippen molar-refractivity contribution in [1.29, 1.82) is 5.26 Å². The average Bonchev–Trinajstić information content (AvgIpc) is 1.66. The Labute approximate surface area is 51.5 Å². The molecule has 0 rings (SSSR count). The monoisotopic (exact) mass is 128 g/mol. The summed E-state index contributed by atoms with van der Waals surface area (Å²) in [5.74, 6) is 0. The second kappa shape index (κ2) is 4.82. The average molecular weight is 128 g/mol. The minimum absolute atomic E-state index is 0.555. The highest BCUT2D eigenvalue weighted by molar-refractivity contribution is 6.48. The summed E-state index contributed by atoms with van der Waals surface area (Å²) in [5.41, 5.74) is 0. The number of unbranched alkanes of at least 4 members (excludes halogenated alkanes) is 1. The van der Waals surface area contributed by atoms with Gasteiger partial charge in [0.05, 0.1) is 6.07 Å². The molecule has 0 aliphatic rings. The summed E-state index contributed by atoms with van der Waals surface area (Å²) in [4.78, 5) is 10.4. The molecule has 0 fully saturated rings. The molecule has 0 aromatic rings. The first kappa shape index (κ1) is 7.67. The molecule has 0 aliphatic carbocycles. The highest BCUT2D eigenvalue weighted by Gasteiger charge is 1.97. The van der Waals surface area contributed by atoms with Gasteiger partial charge in [0, 0.05) is 6.42 Å². The molecule has 1 atom stereocenters. The lowest BCUT2D eigenvalue weighted by Gasteiger charge is -1.92. The molecule has 0 N–H and O–H groups in total. The van der Waals surface area contributed by atoms with Crippen LogP contribution < -0.4 is 0 Å². The van der Waals surface area contributed by atoms with Crippen molar-refractivity contribution in [2.75, 3.05) is 0 Å². The fourth-order valence-electron chi connectivity index (χ4n) is 0.469. The second-order valence-corrected chi connectivity index (χ2v) is 4.06. The lowest BCUT2D eigenvalue weighted by Crippen LogP contribution is -2.00. The van der Waals surface area contributed by atoms with Crippen LogP contribution in [0.1, 0.15) is 12.8 Å². The van der Waals surface area contributed by atoms with E-state index in [4.69, 9.17) is 5.26 Å². The van der Waals surface area contributed by atoms with Crippen LogP contribution in [0.15, 0.2) is 0 Å². The van der Waals surface area contributed by atoms with Gasteiger partial charge in [0.25, 0.3) is 0 Å². The first-order valence-corrected chi connectivity index (χ1v) is 5.24. The number of hydrogen-bond acceptors (Lipinski definition) is 1. The Bertz CT molecular complexity index is 86.9. The van der Waals surface area contributed by atoms with Gasteiger partial charge in [-0.1, -0.05) is 0 Å². The van der Waals surface area contributed by atoms with Crippen molar-refractivity contribution in [3.05, 3.63) is 0 Å². The highest BCUT2D eigenvalue weighted by Crippen LogP contribution is 1.97. The molecule has 0 aromatic carbocycles. The molecule has 0 bridgehead atoms. The first-order chi connectivity index (χ1) is 3.77. The Kier molecular flexibility index (Phi) is 4.62. The summed E-state index contributed by atoms with van der Waals surface area (Å²) in [6.45, 7) is 1.76. The largest absolute Gasteiger partial charge is 0.302 e. The third-order valence-electron chi connectivity index (χ3n) is 0.899. The summed E-state index contributed by atoms with van der Waals surface area (Å²) in [5, 5.41) is 8.04.